The number of carbonyl (C=O) groups is 2. The van der Waals surface area contributed by atoms with Gasteiger partial charge in [-0.1, -0.05) is 49.4 Å². The molecule has 3 amide bonds. The van der Waals surface area contributed by atoms with Crippen molar-refractivity contribution in [1.29, 1.82) is 0 Å². The Morgan fingerprint density at radius 3 is 2.32 bits per heavy atom. The van der Waals surface area contributed by atoms with Gasteiger partial charge < -0.3 is 10.2 Å². The van der Waals surface area contributed by atoms with Gasteiger partial charge in [0.05, 0.1) is 6.21 Å². The second-order valence-corrected chi connectivity index (χ2v) is 7.07. The first-order valence-electron chi connectivity index (χ1n) is 9.56. The Morgan fingerprint density at radius 1 is 1.07 bits per heavy atom. The highest BCUT2D eigenvalue weighted by atomic mass is 16.2. The van der Waals surface area contributed by atoms with Gasteiger partial charge >= 0.3 is 6.03 Å². The third-order valence-electron chi connectivity index (χ3n) is 5.13. The van der Waals surface area contributed by atoms with E-state index in [-0.39, 0.29) is 5.91 Å². The van der Waals surface area contributed by atoms with E-state index in [9.17, 15) is 9.59 Å². The molecule has 0 radical (unpaired) electrons. The summed E-state index contributed by atoms with van der Waals surface area (Å²) in [6, 6.07) is 17.8. The van der Waals surface area contributed by atoms with Crippen molar-refractivity contribution in [3.8, 4) is 0 Å². The van der Waals surface area contributed by atoms with Crippen LogP contribution in [0.5, 0.6) is 0 Å². The first-order valence-corrected chi connectivity index (χ1v) is 9.56. The van der Waals surface area contributed by atoms with Gasteiger partial charge in [-0.25, -0.2) is 4.79 Å². The van der Waals surface area contributed by atoms with Crippen LogP contribution in [0.4, 0.5) is 10.5 Å². The summed E-state index contributed by atoms with van der Waals surface area (Å²) in [6.07, 6.45) is 2.06. The molecule has 2 aromatic carbocycles. The number of imide groups is 1. The molecule has 3 rings (SSSR count). The maximum Gasteiger partial charge on any atom is 0.346 e. The molecule has 2 aromatic rings. The number of rotatable bonds is 7. The Morgan fingerprint density at radius 2 is 1.75 bits per heavy atom. The molecule has 1 N–H and O–H groups in total. The fourth-order valence-electron chi connectivity index (χ4n) is 3.10. The summed E-state index contributed by atoms with van der Waals surface area (Å²) in [4.78, 5) is 26.7. The highest BCUT2D eigenvalue weighted by Gasteiger charge is 2.46. The first-order chi connectivity index (χ1) is 13.5. The number of carbonyl (C=O) groups excluding carboxylic acids is 2. The van der Waals surface area contributed by atoms with Crippen LogP contribution in [0.15, 0.2) is 59.7 Å². The van der Waals surface area contributed by atoms with Gasteiger partial charge in [0.2, 0.25) is 0 Å². The lowest BCUT2D eigenvalue weighted by atomic mass is 10.00. The number of benzene rings is 2. The topological polar surface area (TPSA) is 65.0 Å². The van der Waals surface area contributed by atoms with Crippen LogP contribution in [0, 0.1) is 0 Å². The molecule has 0 bridgehead atoms. The largest absolute Gasteiger partial charge is 0.367 e. The van der Waals surface area contributed by atoms with Crippen LogP contribution in [0.2, 0.25) is 0 Å². The predicted molar refractivity (Wildman–Crippen MR) is 111 cm³/mol. The fourth-order valence-corrected chi connectivity index (χ4v) is 3.10. The van der Waals surface area contributed by atoms with Gasteiger partial charge in [-0.3, -0.25) is 4.79 Å². The van der Waals surface area contributed by atoms with Crippen LogP contribution in [-0.4, -0.2) is 35.2 Å². The minimum atomic E-state index is -0.878. The molecule has 0 spiro atoms. The molecule has 0 saturated carbocycles. The zero-order valence-electron chi connectivity index (χ0n) is 16.6. The summed E-state index contributed by atoms with van der Waals surface area (Å²) in [5.74, 6) is -0.326. The second-order valence-electron chi connectivity index (χ2n) is 7.07. The van der Waals surface area contributed by atoms with Crippen molar-refractivity contribution in [1.82, 2.24) is 10.3 Å². The lowest BCUT2D eigenvalue weighted by molar-refractivity contribution is -0.130. The summed E-state index contributed by atoms with van der Waals surface area (Å²) in [6.45, 7) is 7.42. The fraction of sp³-hybridized carbons (Fsp3) is 0.318. The molecule has 1 unspecified atom stereocenters. The normalized spacial score (nSPS) is 19.3. The maximum absolute atomic E-state index is 12.4. The Balaban J connectivity index is 1.69. The quantitative estimate of drug-likeness (QED) is 0.589. The minimum absolute atomic E-state index is 0.326. The Bertz CT molecular complexity index is 864. The van der Waals surface area contributed by atoms with Crippen LogP contribution in [0.1, 0.15) is 38.3 Å². The lowest BCUT2D eigenvalue weighted by Gasteiger charge is -2.23. The van der Waals surface area contributed by atoms with Crippen LogP contribution in [-0.2, 0) is 11.3 Å². The van der Waals surface area contributed by atoms with Gasteiger partial charge in [-0.05, 0) is 43.5 Å². The Hall–Kier alpha value is -3.15. The van der Waals surface area contributed by atoms with Gasteiger partial charge in [0.1, 0.15) is 5.54 Å². The molecule has 146 valence electrons. The highest BCUT2D eigenvalue weighted by molar-refractivity contribution is 6.07. The molecular formula is C22H26N4O2. The number of urea groups is 1. The van der Waals surface area contributed by atoms with Crippen molar-refractivity contribution in [2.45, 2.75) is 39.3 Å². The average molecular weight is 378 g/mol. The third kappa shape index (κ3) is 4.06. The number of hydrogen-bond donors (Lipinski definition) is 1. The van der Waals surface area contributed by atoms with Crippen molar-refractivity contribution in [3.63, 3.8) is 0 Å². The van der Waals surface area contributed by atoms with Gasteiger partial charge in [0.15, 0.2) is 0 Å². The van der Waals surface area contributed by atoms with Crippen molar-refractivity contribution < 1.29 is 9.59 Å². The number of amides is 3. The van der Waals surface area contributed by atoms with E-state index in [4.69, 9.17) is 0 Å². The number of nitrogens with one attached hydrogen (secondary N) is 1. The molecule has 1 saturated heterocycles. The van der Waals surface area contributed by atoms with Crippen LogP contribution < -0.4 is 10.2 Å². The summed E-state index contributed by atoms with van der Waals surface area (Å²) >= 11 is 0. The Kier molecular flexibility index (Phi) is 5.78. The molecule has 6 nitrogen and oxygen atoms in total. The molecule has 1 aliphatic heterocycles. The van der Waals surface area contributed by atoms with E-state index in [2.05, 4.69) is 34.4 Å². The first kappa shape index (κ1) is 19.6. The van der Waals surface area contributed by atoms with Gasteiger partial charge in [0, 0.05) is 18.8 Å². The minimum Gasteiger partial charge on any atom is -0.367 e. The predicted octanol–water partition coefficient (Wildman–Crippen LogP) is 3.77. The van der Waals surface area contributed by atoms with Gasteiger partial charge in [-0.2, -0.15) is 5.10 Å². The molecule has 28 heavy (non-hydrogen) atoms. The zero-order valence-corrected chi connectivity index (χ0v) is 16.6. The van der Waals surface area contributed by atoms with E-state index in [0.717, 1.165) is 29.3 Å². The molecule has 1 aliphatic rings. The summed E-state index contributed by atoms with van der Waals surface area (Å²) in [5, 5.41) is 7.69. The molecule has 0 aliphatic carbocycles. The van der Waals surface area contributed by atoms with E-state index in [1.807, 2.05) is 49.4 Å². The molecule has 1 atom stereocenters. The van der Waals surface area contributed by atoms with Crippen molar-refractivity contribution in [2.24, 2.45) is 5.10 Å². The number of anilines is 1. The zero-order chi connectivity index (χ0) is 20.1. The number of hydrogen-bond acceptors (Lipinski definition) is 4. The molecule has 1 fully saturated rings. The summed E-state index contributed by atoms with van der Waals surface area (Å²) < 4.78 is 0. The molecular weight excluding hydrogens is 352 g/mol. The van der Waals surface area contributed by atoms with Crippen molar-refractivity contribution in [2.75, 3.05) is 11.4 Å². The van der Waals surface area contributed by atoms with E-state index in [1.54, 1.807) is 6.92 Å². The van der Waals surface area contributed by atoms with Gasteiger partial charge in [0.25, 0.3) is 5.91 Å². The smallest absolute Gasteiger partial charge is 0.346 e. The highest BCUT2D eigenvalue weighted by Crippen LogP contribution is 2.21. The lowest BCUT2D eigenvalue weighted by Crippen LogP contribution is -2.42. The molecule has 6 heteroatoms. The van der Waals surface area contributed by atoms with Gasteiger partial charge in [-0.15, -0.1) is 5.01 Å². The number of nitrogens with zero attached hydrogens (tertiary/aromatic N) is 3. The third-order valence-corrected chi connectivity index (χ3v) is 5.13. The monoisotopic (exact) mass is 378 g/mol. The SMILES string of the molecule is CCN(Cc1ccccc1)c1ccc(/C=N/N2C(=O)NC(C)(CC)C2=O)cc1. The van der Waals surface area contributed by atoms with Crippen LogP contribution >= 0.6 is 0 Å². The molecule has 1 heterocycles. The van der Waals surface area contributed by atoms with E-state index in [0.29, 0.717) is 6.42 Å². The van der Waals surface area contributed by atoms with E-state index in [1.165, 1.54) is 11.8 Å². The van der Waals surface area contributed by atoms with E-state index < -0.39 is 11.6 Å². The Labute approximate surface area is 165 Å². The standard InChI is InChI=1S/C22H26N4O2/c1-4-22(3)20(27)26(21(28)24-22)23-15-17-11-13-19(14-12-17)25(5-2)16-18-9-7-6-8-10-18/h6-15H,4-5,16H2,1-3H3,(H,24,28)/b23-15+. The van der Waals surface area contributed by atoms with Crippen LogP contribution in [0.25, 0.3) is 0 Å². The van der Waals surface area contributed by atoms with Crippen LogP contribution in [0.3, 0.4) is 0 Å². The summed E-state index contributed by atoms with van der Waals surface area (Å²) in [5.41, 5.74) is 2.31. The van der Waals surface area contributed by atoms with E-state index >= 15 is 0 Å². The van der Waals surface area contributed by atoms with Crippen molar-refractivity contribution in [3.05, 3.63) is 65.7 Å². The summed E-state index contributed by atoms with van der Waals surface area (Å²) in [7, 11) is 0. The molecule has 0 aromatic heterocycles. The second kappa shape index (κ2) is 8.25. The number of hydrazone groups is 1. The average Bonchev–Trinajstić information content (AvgIpc) is 2.94. The van der Waals surface area contributed by atoms with Crippen molar-refractivity contribution >= 4 is 23.8 Å². The maximum atomic E-state index is 12.4.